The second kappa shape index (κ2) is 3.14. The average molecular weight is 173 g/mol. The zero-order valence-electron chi connectivity index (χ0n) is 6.75. The summed E-state index contributed by atoms with van der Waals surface area (Å²) in [6.45, 7) is 0. The zero-order chi connectivity index (χ0) is 9.10. The van der Waals surface area contributed by atoms with Gasteiger partial charge in [-0.3, -0.25) is 0 Å². The smallest absolute Gasteiger partial charge is 0.220 e. The molecule has 0 unspecified atom stereocenters. The van der Waals surface area contributed by atoms with E-state index in [-0.39, 0.29) is 5.95 Å². The van der Waals surface area contributed by atoms with Crippen LogP contribution in [-0.2, 0) is 0 Å². The van der Waals surface area contributed by atoms with Crippen molar-refractivity contribution in [2.45, 2.75) is 0 Å². The van der Waals surface area contributed by atoms with Gasteiger partial charge in [0.05, 0.1) is 5.69 Å². The summed E-state index contributed by atoms with van der Waals surface area (Å²) < 4.78 is 0. The van der Waals surface area contributed by atoms with Gasteiger partial charge in [-0.1, -0.05) is 0 Å². The fraction of sp³-hybridized carbons (Fsp3) is 0. The highest BCUT2D eigenvalue weighted by molar-refractivity contribution is 5.53. The molecule has 5 nitrogen and oxygen atoms in total. The molecule has 0 amide bonds. The molecule has 2 aromatic rings. The Kier molecular flexibility index (Phi) is 1.84. The first-order valence-corrected chi connectivity index (χ1v) is 3.73. The molecule has 0 spiro atoms. The summed E-state index contributed by atoms with van der Waals surface area (Å²) in [6, 6.07) is 5.34. The highest BCUT2D eigenvalue weighted by Crippen LogP contribution is 2.11. The standard InChI is InChI=1S/C8H7N5/c9-8-10-5-3-6(12-8)7-2-1-4-11-13-7/h1-5H,(H2,9,10,12). The number of nitrogens with two attached hydrogens (primary N) is 1. The Hall–Kier alpha value is -2.04. The minimum Gasteiger partial charge on any atom is -0.368 e. The van der Waals surface area contributed by atoms with Gasteiger partial charge < -0.3 is 5.73 Å². The third-order valence-electron chi connectivity index (χ3n) is 1.51. The molecule has 64 valence electrons. The molecule has 0 fully saturated rings. The van der Waals surface area contributed by atoms with Gasteiger partial charge in [-0.2, -0.15) is 5.10 Å². The highest BCUT2D eigenvalue weighted by atomic mass is 15.1. The van der Waals surface area contributed by atoms with Gasteiger partial charge in [0.15, 0.2) is 0 Å². The van der Waals surface area contributed by atoms with Gasteiger partial charge in [0.2, 0.25) is 5.95 Å². The van der Waals surface area contributed by atoms with Crippen molar-refractivity contribution >= 4 is 5.95 Å². The Morgan fingerprint density at radius 1 is 1.08 bits per heavy atom. The Labute approximate surface area is 74.7 Å². The molecule has 0 atom stereocenters. The molecule has 0 saturated carbocycles. The molecule has 0 bridgehead atoms. The molecule has 0 aromatic carbocycles. The van der Waals surface area contributed by atoms with E-state index in [4.69, 9.17) is 5.73 Å². The second-order valence-corrected chi connectivity index (χ2v) is 2.41. The lowest BCUT2D eigenvalue weighted by Crippen LogP contribution is -1.96. The highest BCUT2D eigenvalue weighted by Gasteiger charge is 2.00. The molecule has 0 saturated heterocycles. The minimum absolute atomic E-state index is 0.239. The van der Waals surface area contributed by atoms with Crippen molar-refractivity contribution in [1.82, 2.24) is 20.2 Å². The van der Waals surface area contributed by atoms with E-state index >= 15 is 0 Å². The van der Waals surface area contributed by atoms with Crippen LogP contribution in [0.3, 0.4) is 0 Å². The molecule has 5 heteroatoms. The number of hydrogen-bond donors (Lipinski definition) is 1. The molecule has 2 rings (SSSR count). The summed E-state index contributed by atoms with van der Waals surface area (Å²) >= 11 is 0. The molecule has 0 aliphatic rings. The molecular formula is C8H7N5. The minimum atomic E-state index is 0.239. The lowest BCUT2D eigenvalue weighted by molar-refractivity contribution is 1.02. The van der Waals surface area contributed by atoms with E-state index in [1.165, 1.54) is 0 Å². The van der Waals surface area contributed by atoms with Gasteiger partial charge >= 0.3 is 0 Å². The Bertz CT molecular complexity index is 400. The summed E-state index contributed by atoms with van der Waals surface area (Å²) in [5, 5.41) is 7.63. The first kappa shape index (κ1) is 7.60. The molecule has 2 aromatic heterocycles. The Balaban J connectivity index is 2.48. The molecule has 2 N–H and O–H groups in total. The lowest BCUT2D eigenvalue weighted by Gasteiger charge is -1.97. The van der Waals surface area contributed by atoms with Crippen molar-refractivity contribution in [2.24, 2.45) is 0 Å². The predicted molar refractivity (Wildman–Crippen MR) is 47.5 cm³/mol. The topological polar surface area (TPSA) is 77.6 Å². The van der Waals surface area contributed by atoms with Crippen LogP contribution in [0.1, 0.15) is 0 Å². The van der Waals surface area contributed by atoms with E-state index in [9.17, 15) is 0 Å². The Morgan fingerprint density at radius 3 is 2.69 bits per heavy atom. The van der Waals surface area contributed by atoms with Gasteiger partial charge in [0.25, 0.3) is 0 Å². The number of rotatable bonds is 1. The third kappa shape index (κ3) is 1.58. The largest absolute Gasteiger partial charge is 0.368 e. The van der Waals surface area contributed by atoms with Crippen LogP contribution in [0.4, 0.5) is 5.95 Å². The average Bonchev–Trinajstić information content (AvgIpc) is 2.19. The van der Waals surface area contributed by atoms with Crippen LogP contribution in [-0.4, -0.2) is 20.2 Å². The van der Waals surface area contributed by atoms with Crippen molar-refractivity contribution in [2.75, 3.05) is 5.73 Å². The van der Waals surface area contributed by atoms with Crippen molar-refractivity contribution in [3.8, 4) is 11.4 Å². The number of aromatic nitrogens is 4. The van der Waals surface area contributed by atoms with E-state index < -0.39 is 0 Å². The molecule has 13 heavy (non-hydrogen) atoms. The molecule has 2 heterocycles. The van der Waals surface area contributed by atoms with Gasteiger partial charge in [-0.15, -0.1) is 5.10 Å². The van der Waals surface area contributed by atoms with Gasteiger partial charge in [-0.25, -0.2) is 9.97 Å². The van der Waals surface area contributed by atoms with Gasteiger partial charge in [0, 0.05) is 12.4 Å². The SMILES string of the molecule is Nc1nccc(-c2cccnn2)n1. The number of nitrogens with zero attached hydrogens (tertiary/aromatic N) is 4. The van der Waals surface area contributed by atoms with E-state index in [0.717, 1.165) is 0 Å². The van der Waals surface area contributed by atoms with E-state index in [1.54, 1.807) is 24.5 Å². The zero-order valence-corrected chi connectivity index (χ0v) is 6.75. The normalized spacial score (nSPS) is 9.85. The van der Waals surface area contributed by atoms with Crippen LogP contribution in [0.15, 0.2) is 30.6 Å². The van der Waals surface area contributed by atoms with Crippen LogP contribution in [0.2, 0.25) is 0 Å². The van der Waals surface area contributed by atoms with Crippen molar-refractivity contribution in [3.63, 3.8) is 0 Å². The fourth-order valence-electron chi connectivity index (χ4n) is 0.955. The summed E-state index contributed by atoms with van der Waals surface area (Å²) in [5.74, 6) is 0.239. The third-order valence-corrected chi connectivity index (χ3v) is 1.51. The quantitative estimate of drug-likeness (QED) is 0.680. The molecule has 0 aliphatic heterocycles. The van der Waals surface area contributed by atoms with Gasteiger partial charge in [-0.05, 0) is 18.2 Å². The first-order valence-electron chi connectivity index (χ1n) is 3.73. The summed E-state index contributed by atoms with van der Waals surface area (Å²) in [5.41, 5.74) is 6.80. The van der Waals surface area contributed by atoms with Crippen LogP contribution in [0, 0.1) is 0 Å². The van der Waals surface area contributed by atoms with Crippen molar-refractivity contribution in [1.29, 1.82) is 0 Å². The number of anilines is 1. The fourth-order valence-corrected chi connectivity index (χ4v) is 0.955. The summed E-state index contributed by atoms with van der Waals surface area (Å²) in [4.78, 5) is 7.79. The molecule has 0 aliphatic carbocycles. The molecular weight excluding hydrogens is 166 g/mol. The Morgan fingerprint density at radius 2 is 2.00 bits per heavy atom. The lowest BCUT2D eigenvalue weighted by atomic mass is 10.3. The van der Waals surface area contributed by atoms with Crippen molar-refractivity contribution in [3.05, 3.63) is 30.6 Å². The summed E-state index contributed by atoms with van der Waals surface area (Å²) in [7, 11) is 0. The van der Waals surface area contributed by atoms with E-state index in [1.807, 2.05) is 6.07 Å². The van der Waals surface area contributed by atoms with E-state index in [2.05, 4.69) is 20.2 Å². The van der Waals surface area contributed by atoms with Crippen LogP contribution in [0.25, 0.3) is 11.4 Å². The maximum atomic E-state index is 5.43. The number of hydrogen-bond acceptors (Lipinski definition) is 5. The van der Waals surface area contributed by atoms with Gasteiger partial charge in [0.1, 0.15) is 5.69 Å². The van der Waals surface area contributed by atoms with Crippen molar-refractivity contribution < 1.29 is 0 Å². The van der Waals surface area contributed by atoms with Crippen LogP contribution in [0.5, 0.6) is 0 Å². The number of nitrogen functional groups attached to an aromatic ring is 1. The van der Waals surface area contributed by atoms with E-state index in [0.29, 0.717) is 11.4 Å². The molecule has 0 radical (unpaired) electrons. The second-order valence-electron chi connectivity index (χ2n) is 2.41. The van der Waals surface area contributed by atoms with Crippen LogP contribution >= 0.6 is 0 Å². The first-order chi connectivity index (χ1) is 6.36. The monoisotopic (exact) mass is 173 g/mol. The van der Waals surface area contributed by atoms with Crippen LogP contribution < -0.4 is 5.73 Å². The summed E-state index contributed by atoms with van der Waals surface area (Å²) in [6.07, 6.45) is 3.19. The predicted octanol–water partition coefficient (Wildman–Crippen LogP) is 0.516. The maximum absolute atomic E-state index is 5.43. The maximum Gasteiger partial charge on any atom is 0.220 e.